The first kappa shape index (κ1) is 43.7. The zero-order chi connectivity index (χ0) is 44.7. The van der Waals surface area contributed by atoms with Crippen LogP contribution in [0.15, 0.2) is 30.4 Å². The molecule has 4 saturated heterocycles. The largest absolute Gasteiger partial charge is 0.461 e. The molecular weight excluding hydrogens is 857 g/mol. The first-order valence-corrected chi connectivity index (χ1v) is 21.5. The number of nitriles is 1. The van der Waals surface area contributed by atoms with E-state index in [1.165, 1.54) is 17.0 Å². The van der Waals surface area contributed by atoms with Gasteiger partial charge >= 0.3 is 18.2 Å². The molecule has 4 aliphatic rings. The van der Waals surface area contributed by atoms with Crippen molar-refractivity contribution in [1.82, 2.24) is 19.8 Å². The maximum absolute atomic E-state index is 17.6. The van der Waals surface area contributed by atoms with Gasteiger partial charge in [0.25, 0.3) is 6.08 Å². The highest BCUT2D eigenvalue weighted by Crippen LogP contribution is 2.49. The van der Waals surface area contributed by atoms with Crippen LogP contribution in [0.3, 0.4) is 0 Å². The molecule has 12 nitrogen and oxygen atoms in total. The molecule has 1 N–H and O–H groups in total. The Hall–Kier alpha value is -4.99. The number of alkyl halides is 1. The summed E-state index contributed by atoms with van der Waals surface area (Å²) >= 11 is 7.74. The average Bonchev–Trinajstić information content (AvgIpc) is 3.86. The highest BCUT2D eigenvalue weighted by molar-refractivity contribution is 7.23. The van der Waals surface area contributed by atoms with E-state index in [9.17, 15) is 28.0 Å². The minimum Gasteiger partial charge on any atom is -0.461 e. The van der Waals surface area contributed by atoms with E-state index >= 15 is 8.78 Å². The minimum atomic E-state index is -2.00. The maximum Gasteiger partial charge on any atom is 0.412 e. The monoisotopic (exact) mass is 901 g/mol. The second kappa shape index (κ2) is 15.7. The molecule has 4 aromatic rings. The van der Waals surface area contributed by atoms with Crippen LogP contribution in [0.2, 0.25) is 5.02 Å². The fourth-order valence-corrected chi connectivity index (χ4v) is 10.9. The molecule has 4 aliphatic heterocycles. The number of anilines is 2. The predicted octanol–water partition coefficient (Wildman–Crippen LogP) is 10.4. The number of ether oxygens (including phenoxy) is 3. The first-order valence-electron chi connectivity index (χ1n) is 20.3. The molecule has 0 aliphatic carbocycles. The normalized spacial score (nSPS) is 23.7. The summed E-state index contributed by atoms with van der Waals surface area (Å²) in [5.41, 5.74) is -4.64. The van der Waals surface area contributed by atoms with E-state index in [4.69, 9.17) is 30.8 Å². The highest BCUT2D eigenvalue weighted by Gasteiger charge is 2.55. The zero-order valence-electron chi connectivity index (χ0n) is 34.9. The number of halogens is 6. The average molecular weight is 902 g/mol. The van der Waals surface area contributed by atoms with E-state index in [1.54, 1.807) is 46.4 Å². The Morgan fingerprint density at radius 2 is 1.84 bits per heavy atom. The lowest BCUT2D eigenvalue weighted by Crippen LogP contribution is -2.63. The molecule has 0 spiro atoms. The summed E-state index contributed by atoms with van der Waals surface area (Å²) in [5.74, 6) is -1.64. The number of piperazine rings is 1. The number of carbonyl (C=O) groups is 2. The second-order valence-electron chi connectivity index (χ2n) is 18.4. The predicted molar refractivity (Wildman–Crippen MR) is 225 cm³/mol. The lowest BCUT2D eigenvalue weighted by atomic mass is 9.94. The molecule has 8 rings (SSSR count). The fourth-order valence-electron chi connectivity index (χ4n) is 9.53. The van der Waals surface area contributed by atoms with Crippen molar-refractivity contribution in [2.75, 3.05) is 43.0 Å². The molecule has 2 aromatic carbocycles. The molecule has 2 aromatic heterocycles. The van der Waals surface area contributed by atoms with Crippen molar-refractivity contribution < 1.29 is 45.8 Å². The Balaban J connectivity index is 1.27. The molecule has 2 unspecified atom stereocenters. The Morgan fingerprint density at radius 1 is 1.10 bits per heavy atom. The SMILES string of the molecule is CC(C)(C)OC(=O)Nc1sc2c(F)ccc(-c3c(Cl)cc4c(N5CC6CCC(C=C(F)F)(C5)N6C(=O)OC(C)(C)C)nc(OC[C@@]56CCCN5C[C@H](F)C6)nc4c3F)c2c1C#N. The number of benzene rings is 2. The molecule has 62 heavy (non-hydrogen) atoms. The van der Waals surface area contributed by atoms with Gasteiger partial charge in [0.15, 0.2) is 5.82 Å². The Bertz CT molecular complexity index is 2570. The lowest BCUT2D eigenvalue weighted by molar-refractivity contribution is 0.00164. The van der Waals surface area contributed by atoms with E-state index in [-0.39, 0.29) is 98.6 Å². The van der Waals surface area contributed by atoms with Crippen LogP contribution in [0.4, 0.5) is 42.4 Å². The van der Waals surface area contributed by atoms with Crippen molar-refractivity contribution in [3.63, 3.8) is 0 Å². The third kappa shape index (κ3) is 7.96. The number of carbonyl (C=O) groups excluding carboxylic acids is 2. The Labute approximate surface area is 363 Å². The van der Waals surface area contributed by atoms with Gasteiger partial charge in [-0.05, 0) is 91.5 Å². The Kier molecular flexibility index (Phi) is 11.0. The third-order valence-corrected chi connectivity index (χ3v) is 13.2. The summed E-state index contributed by atoms with van der Waals surface area (Å²) in [6.45, 7) is 10.8. The lowest BCUT2D eigenvalue weighted by Gasteiger charge is -2.47. The van der Waals surface area contributed by atoms with Crippen LogP contribution in [-0.2, 0) is 9.47 Å². The van der Waals surface area contributed by atoms with Crippen molar-refractivity contribution in [3.05, 3.63) is 52.6 Å². The van der Waals surface area contributed by atoms with Crippen LogP contribution in [-0.4, -0.2) is 99.2 Å². The molecule has 2 amide bonds. The molecule has 6 heterocycles. The van der Waals surface area contributed by atoms with Gasteiger partial charge in [-0.15, -0.1) is 11.3 Å². The summed E-state index contributed by atoms with van der Waals surface area (Å²) in [5, 5.41) is 12.7. The van der Waals surface area contributed by atoms with Crippen LogP contribution < -0.4 is 15.0 Å². The fraction of sp³-hybridized carbons (Fsp3) is 0.512. The third-order valence-electron chi connectivity index (χ3n) is 11.8. The van der Waals surface area contributed by atoms with E-state index in [1.807, 2.05) is 11.0 Å². The van der Waals surface area contributed by atoms with Gasteiger partial charge in [0.2, 0.25) is 0 Å². The van der Waals surface area contributed by atoms with E-state index in [2.05, 4.69) is 10.3 Å². The van der Waals surface area contributed by atoms with Gasteiger partial charge in [-0.1, -0.05) is 17.7 Å². The van der Waals surface area contributed by atoms with Crippen molar-refractivity contribution in [2.24, 2.45) is 0 Å². The zero-order valence-corrected chi connectivity index (χ0v) is 36.5. The van der Waals surface area contributed by atoms with Gasteiger partial charge in [0.1, 0.15) is 52.2 Å². The number of aromatic nitrogens is 2. The standard InChI is InChI=1S/C43H45ClF5N7O5S/c1-40(2,3)60-38(57)53-36-26(17-50)30-24(8-9-28(46)34(30)62-36)31-27(44)14-25-33(32(31)49)51-37(59-21-43-11-7-13-55(43)18-22(45)15-43)52-35(25)54-19-23-10-12-42(20-54,16-29(47)48)56(23)39(58)61-41(4,5)6/h8-9,14,16,22-23H,7,10-13,15,18-21H2,1-6H3,(H,53,57)/t22-,23?,42?,43+/m1/s1. The highest BCUT2D eigenvalue weighted by atomic mass is 35.5. The molecule has 4 atom stereocenters. The van der Waals surface area contributed by atoms with Crippen LogP contribution in [0, 0.1) is 23.0 Å². The molecule has 0 radical (unpaired) electrons. The molecule has 2 bridgehead atoms. The summed E-state index contributed by atoms with van der Waals surface area (Å²) in [6.07, 6.45) is -1.72. The van der Waals surface area contributed by atoms with E-state index in [0.717, 1.165) is 29.9 Å². The second-order valence-corrected chi connectivity index (χ2v) is 19.9. The number of thiophene rings is 1. The summed E-state index contributed by atoms with van der Waals surface area (Å²) in [6, 6.07) is 4.90. The van der Waals surface area contributed by atoms with Gasteiger partial charge < -0.3 is 19.1 Å². The van der Waals surface area contributed by atoms with Gasteiger partial charge in [0, 0.05) is 48.5 Å². The van der Waals surface area contributed by atoms with Gasteiger partial charge in [-0.2, -0.15) is 24.0 Å². The van der Waals surface area contributed by atoms with E-state index < -0.39 is 64.4 Å². The number of amides is 2. The molecule has 0 saturated carbocycles. The molecular formula is C43H45ClF5N7O5S. The summed E-state index contributed by atoms with van der Waals surface area (Å²) < 4.78 is 93.9. The molecule has 4 fully saturated rings. The van der Waals surface area contributed by atoms with Crippen molar-refractivity contribution in [2.45, 2.75) is 108 Å². The smallest absolute Gasteiger partial charge is 0.412 e. The van der Waals surface area contributed by atoms with Crippen LogP contribution in [0.5, 0.6) is 6.01 Å². The Morgan fingerprint density at radius 3 is 2.53 bits per heavy atom. The van der Waals surface area contributed by atoms with Crippen LogP contribution >= 0.6 is 22.9 Å². The number of hydrogen-bond donors (Lipinski definition) is 1. The molecule has 330 valence electrons. The van der Waals surface area contributed by atoms with Crippen LogP contribution in [0.1, 0.15) is 79.2 Å². The van der Waals surface area contributed by atoms with Crippen molar-refractivity contribution >= 4 is 66.9 Å². The van der Waals surface area contributed by atoms with E-state index in [0.29, 0.717) is 19.4 Å². The maximum atomic E-state index is 17.6. The topological polar surface area (TPSA) is 133 Å². The first-order chi connectivity index (χ1) is 29.1. The van der Waals surface area contributed by atoms with Gasteiger partial charge in [-0.3, -0.25) is 15.1 Å². The summed E-state index contributed by atoms with van der Waals surface area (Å²) in [7, 11) is 0. The van der Waals surface area contributed by atoms with Crippen molar-refractivity contribution in [3.8, 4) is 23.2 Å². The number of fused-ring (bicyclic) bond motifs is 5. The number of hydrogen-bond acceptors (Lipinski definition) is 11. The minimum absolute atomic E-state index is 0.0122. The number of nitrogens with one attached hydrogen (secondary N) is 1. The van der Waals surface area contributed by atoms with Gasteiger partial charge in [0.05, 0.1) is 32.4 Å². The van der Waals surface area contributed by atoms with Crippen molar-refractivity contribution in [1.29, 1.82) is 5.26 Å². The quantitative estimate of drug-likeness (QED) is 0.179. The van der Waals surface area contributed by atoms with Crippen LogP contribution in [0.25, 0.3) is 32.1 Å². The summed E-state index contributed by atoms with van der Waals surface area (Å²) in [4.78, 5) is 40.7. The van der Waals surface area contributed by atoms with Gasteiger partial charge in [-0.25, -0.2) is 22.8 Å². The molecule has 19 heteroatoms. The number of rotatable bonds is 7. The number of nitrogens with zero attached hydrogens (tertiary/aromatic N) is 6.